The lowest BCUT2D eigenvalue weighted by Gasteiger charge is -2.36. The van der Waals surface area contributed by atoms with Gasteiger partial charge in [-0.2, -0.15) is 17.5 Å². The first-order valence-corrected chi connectivity index (χ1v) is 11.4. The minimum atomic E-state index is -4.45. The van der Waals surface area contributed by atoms with Crippen LogP contribution in [0.5, 0.6) is 5.75 Å². The maximum Gasteiger partial charge on any atom is 0.416 e. The van der Waals surface area contributed by atoms with Crippen molar-refractivity contribution < 1.29 is 35.5 Å². The van der Waals surface area contributed by atoms with E-state index in [1.165, 1.54) is 31.2 Å². The van der Waals surface area contributed by atoms with Crippen molar-refractivity contribution in [2.24, 2.45) is 0 Å². The van der Waals surface area contributed by atoms with Gasteiger partial charge in [0.05, 0.1) is 19.2 Å². The van der Waals surface area contributed by atoms with E-state index in [0.29, 0.717) is 18.8 Å². The Morgan fingerprint density at radius 3 is 2.36 bits per heavy atom. The van der Waals surface area contributed by atoms with Gasteiger partial charge in [0.2, 0.25) is 15.9 Å². The third kappa shape index (κ3) is 5.56. The second-order valence-electron chi connectivity index (χ2n) is 7.47. The number of methoxy groups -OCH3 is 1. The van der Waals surface area contributed by atoms with Gasteiger partial charge in [-0.1, -0.05) is 6.07 Å². The SMILES string of the molecule is COc1ccc(F)cc1S(=O)(=O)N(C)CC(=O)N1CCN(c2cccc(C(F)(F)F)c2)CC1. The molecule has 0 unspecified atom stereocenters. The maximum atomic E-state index is 13.6. The van der Waals surface area contributed by atoms with Crippen LogP contribution in [0, 0.1) is 5.82 Å². The highest BCUT2D eigenvalue weighted by Crippen LogP contribution is 2.32. The van der Waals surface area contributed by atoms with Gasteiger partial charge in [0.1, 0.15) is 16.5 Å². The topological polar surface area (TPSA) is 70.2 Å². The number of anilines is 1. The number of carbonyl (C=O) groups excluding carboxylic acids is 1. The summed E-state index contributed by atoms with van der Waals surface area (Å²) in [6.07, 6.45) is -4.45. The number of likely N-dealkylation sites (N-methyl/N-ethyl adjacent to an activating group) is 1. The van der Waals surface area contributed by atoms with E-state index in [9.17, 15) is 30.8 Å². The Bertz CT molecular complexity index is 1120. The number of ether oxygens (including phenoxy) is 1. The van der Waals surface area contributed by atoms with E-state index in [0.717, 1.165) is 28.6 Å². The summed E-state index contributed by atoms with van der Waals surface area (Å²) in [6, 6.07) is 8.02. The number of halogens is 4. The summed E-state index contributed by atoms with van der Waals surface area (Å²) in [5, 5.41) is 0. The number of sulfonamides is 1. The van der Waals surface area contributed by atoms with Gasteiger partial charge in [-0.15, -0.1) is 0 Å². The van der Waals surface area contributed by atoms with Crippen LogP contribution in [-0.2, 0) is 21.0 Å². The summed E-state index contributed by atoms with van der Waals surface area (Å²) < 4.78 is 84.0. The summed E-state index contributed by atoms with van der Waals surface area (Å²) >= 11 is 0. The predicted octanol–water partition coefficient (Wildman–Crippen LogP) is 2.82. The van der Waals surface area contributed by atoms with E-state index in [-0.39, 0.29) is 18.8 Å². The molecule has 0 aromatic heterocycles. The number of hydrogen-bond acceptors (Lipinski definition) is 5. The van der Waals surface area contributed by atoms with Crippen LogP contribution >= 0.6 is 0 Å². The molecule has 0 atom stereocenters. The number of alkyl halides is 3. The Labute approximate surface area is 189 Å². The molecule has 0 N–H and O–H groups in total. The van der Waals surface area contributed by atoms with Crippen LogP contribution < -0.4 is 9.64 Å². The molecule has 7 nitrogen and oxygen atoms in total. The summed E-state index contributed by atoms with van der Waals surface area (Å²) in [5.41, 5.74) is -0.354. The van der Waals surface area contributed by atoms with E-state index < -0.39 is 44.9 Å². The van der Waals surface area contributed by atoms with Crippen molar-refractivity contribution in [2.75, 3.05) is 51.8 Å². The molecule has 0 radical (unpaired) electrons. The summed E-state index contributed by atoms with van der Waals surface area (Å²) in [5.74, 6) is -1.29. The van der Waals surface area contributed by atoms with Crippen LogP contribution in [0.3, 0.4) is 0 Å². The fourth-order valence-electron chi connectivity index (χ4n) is 3.49. The van der Waals surface area contributed by atoms with Gasteiger partial charge < -0.3 is 14.5 Å². The fraction of sp³-hybridized carbons (Fsp3) is 0.381. The lowest BCUT2D eigenvalue weighted by Crippen LogP contribution is -2.51. The Hall–Kier alpha value is -2.86. The van der Waals surface area contributed by atoms with E-state index in [1.54, 1.807) is 11.0 Å². The first-order chi connectivity index (χ1) is 15.4. The van der Waals surface area contributed by atoms with Crippen LogP contribution in [0.2, 0.25) is 0 Å². The number of hydrogen-bond donors (Lipinski definition) is 0. The number of rotatable bonds is 6. The minimum Gasteiger partial charge on any atom is -0.495 e. The fourth-order valence-corrected chi connectivity index (χ4v) is 4.77. The van der Waals surface area contributed by atoms with Gasteiger partial charge in [-0.25, -0.2) is 12.8 Å². The molecule has 1 heterocycles. The van der Waals surface area contributed by atoms with Gasteiger partial charge in [-0.3, -0.25) is 4.79 Å². The van der Waals surface area contributed by atoms with Gasteiger partial charge in [0.15, 0.2) is 0 Å². The van der Waals surface area contributed by atoms with Crippen molar-refractivity contribution >= 4 is 21.6 Å². The number of nitrogens with zero attached hydrogens (tertiary/aromatic N) is 3. The third-order valence-electron chi connectivity index (χ3n) is 5.34. The van der Waals surface area contributed by atoms with Crippen molar-refractivity contribution in [3.63, 3.8) is 0 Å². The van der Waals surface area contributed by atoms with Crippen molar-refractivity contribution in [3.8, 4) is 5.75 Å². The van der Waals surface area contributed by atoms with E-state index in [4.69, 9.17) is 4.74 Å². The van der Waals surface area contributed by atoms with E-state index in [2.05, 4.69) is 0 Å². The lowest BCUT2D eigenvalue weighted by molar-refractivity contribution is -0.137. The molecule has 3 rings (SSSR count). The Kier molecular flexibility index (Phi) is 7.17. The number of benzene rings is 2. The largest absolute Gasteiger partial charge is 0.495 e. The van der Waals surface area contributed by atoms with Gasteiger partial charge >= 0.3 is 6.18 Å². The average molecular weight is 489 g/mol. The molecule has 0 bridgehead atoms. The zero-order valence-corrected chi connectivity index (χ0v) is 18.8. The molecule has 1 fully saturated rings. The van der Waals surface area contributed by atoms with E-state index in [1.807, 2.05) is 0 Å². The molecule has 1 aliphatic heterocycles. The van der Waals surface area contributed by atoms with E-state index >= 15 is 0 Å². The summed E-state index contributed by atoms with van der Waals surface area (Å²) in [7, 11) is -1.75. The molecule has 0 spiro atoms. The monoisotopic (exact) mass is 489 g/mol. The molecule has 1 saturated heterocycles. The zero-order chi connectivity index (χ0) is 24.4. The van der Waals surface area contributed by atoms with Gasteiger partial charge in [0.25, 0.3) is 0 Å². The second-order valence-corrected chi connectivity index (χ2v) is 9.49. The van der Waals surface area contributed by atoms with Crippen molar-refractivity contribution in [1.82, 2.24) is 9.21 Å². The van der Waals surface area contributed by atoms with Crippen molar-refractivity contribution in [2.45, 2.75) is 11.1 Å². The van der Waals surface area contributed by atoms with Crippen LogP contribution in [0.25, 0.3) is 0 Å². The van der Waals surface area contributed by atoms with Gasteiger partial charge in [0, 0.05) is 38.9 Å². The predicted molar refractivity (Wildman–Crippen MR) is 113 cm³/mol. The van der Waals surface area contributed by atoms with Crippen LogP contribution in [0.1, 0.15) is 5.56 Å². The molecule has 0 aliphatic carbocycles. The Balaban J connectivity index is 1.64. The van der Waals surface area contributed by atoms with Crippen LogP contribution in [-0.4, -0.2) is 70.4 Å². The average Bonchev–Trinajstić information content (AvgIpc) is 2.78. The van der Waals surface area contributed by atoms with Crippen molar-refractivity contribution in [1.29, 1.82) is 0 Å². The third-order valence-corrected chi connectivity index (χ3v) is 7.17. The highest BCUT2D eigenvalue weighted by molar-refractivity contribution is 7.89. The molecule has 12 heteroatoms. The number of amides is 1. The zero-order valence-electron chi connectivity index (χ0n) is 18.0. The molecular weight excluding hydrogens is 466 g/mol. The summed E-state index contributed by atoms with van der Waals surface area (Å²) in [6.45, 7) is 0.534. The van der Waals surface area contributed by atoms with Crippen LogP contribution in [0.15, 0.2) is 47.4 Å². The molecule has 0 saturated carbocycles. The lowest BCUT2D eigenvalue weighted by atomic mass is 10.1. The smallest absolute Gasteiger partial charge is 0.416 e. The number of carbonyl (C=O) groups is 1. The standard InChI is InChI=1S/C21H23F4N3O4S/c1-26(33(30,31)19-13-16(22)6-7-18(19)32-2)14-20(29)28-10-8-27(9-11-28)17-5-3-4-15(12-17)21(23,24)25/h3-7,12-13H,8-11,14H2,1-2H3. The molecule has 2 aromatic carbocycles. The molecule has 33 heavy (non-hydrogen) atoms. The molecule has 1 amide bonds. The Morgan fingerprint density at radius 2 is 1.76 bits per heavy atom. The molecule has 1 aliphatic rings. The first kappa shape index (κ1) is 24.8. The quantitative estimate of drug-likeness (QED) is 0.584. The normalized spacial score (nSPS) is 15.1. The Morgan fingerprint density at radius 1 is 1.09 bits per heavy atom. The van der Waals surface area contributed by atoms with Crippen molar-refractivity contribution in [3.05, 3.63) is 53.8 Å². The number of piperazine rings is 1. The molecular formula is C21H23F4N3O4S. The highest BCUT2D eigenvalue weighted by Gasteiger charge is 2.32. The molecule has 2 aromatic rings. The van der Waals surface area contributed by atoms with Crippen LogP contribution in [0.4, 0.5) is 23.2 Å². The maximum absolute atomic E-state index is 13.6. The summed E-state index contributed by atoms with van der Waals surface area (Å²) in [4.78, 5) is 15.5. The van der Waals surface area contributed by atoms with Gasteiger partial charge in [-0.05, 0) is 36.4 Å². The first-order valence-electron chi connectivity index (χ1n) is 9.93. The minimum absolute atomic E-state index is 0.0506. The second kappa shape index (κ2) is 9.56. The molecule has 180 valence electrons. The highest BCUT2D eigenvalue weighted by atomic mass is 32.2.